The monoisotopic (exact) mass is 339 g/mol. The summed E-state index contributed by atoms with van der Waals surface area (Å²) in [5.41, 5.74) is 1.58. The lowest BCUT2D eigenvalue weighted by Gasteiger charge is -2.12. The zero-order chi connectivity index (χ0) is 17.8. The van der Waals surface area contributed by atoms with Crippen molar-refractivity contribution in [1.82, 2.24) is 19.7 Å². The average Bonchev–Trinajstić information content (AvgIpc) is 3.05. The molecule has 3 aromatic rings. The number of nitrogens with zero attached hydrogens (tertiary/aromatic N) is 3. The van der Waals surface area contributed by atoms with E-state index in [1.807, 2.05) is 0 Å². The maximum atomic E-state index is 12.0. The number of carbonyl (C=O) groups excluding carboxylic acids is 1. The number of amides is 1. The molecule has 1 atom stereocenters. The molecule has 0 radical (unpaired) electrons. The van der Waals surface area contributed by atoms with Gasteiger partial charge in [-0.3, -0.25) is 9.59 Å². The van der Waals surface area contributed by atoms with Crippen LogP contribution in [0.15, 0.2) is 54.2 Å². The van der Waals surface area contributed by atoms with Gasteiger partial charge in [0.05, 0.1) is 24.8 Å². The Balaban J connectivity index is 1.78. The molecule has 0 aliphatic heterocycles. The summed E-state index contributed by atoms with van der Waals surface area (Å²) in [6.07, 6.45) is 3.81. The first kappa shape index (κ1) is 16.6. The molecule has 128 valence electrons. The van der Waals surface area contributed by atoms with Crippen LogP contribution in [0.25, 0.3) is 16.7 Å². The molecule has 2 aromatic heterocycles. The number of hydrogen-bond donors (Lipinski definition) is 2. The number of fused-ring (bicyclic) bond motifs is 1. The van der Waals surface area contributed by atoms with E-state index in [9.17, 15) is 9.59 Å². The Bertz CT molecular complexity index is 958. The van der Waals surface area contributed by atoms with Gasteiger partial charge in [0.25, 0.3) is 11.5 Å². The molecule has 0 bridgehead atoms. The van der Waals surface area contributed by atoms with Crippen LogP contribution in [0.4, 0.5) is 5.69 Å². The van der Waals surface area contributed by atoms with Crippen LogP contribution in [0.3, 0.4) is 0 Å². The Morgan fingerprint density at radius 3 is 2.92 bits per heavy atom. The topological polar surface area (TPSA) is 102 Å². The molecule has 0 saturated carbocycles. The molecule has 0 aliphatic rings. The number of anilines is 1. The zero-order valence-electron chi connectivity index (χ0n) is 13.6. The third-order valence-corrected chi connectivity index (χ3v) is 3.58. The molecule has 0 saturated heterocycles. The summed E-state index contributed by atoms with van der Waals surface area (Å²) in [6.45, 7) is 5.53. The van der Waals surface area contributed by atoms with E-state index in [-0.39, 0.29) is 11.5 Å². The van der Waals surface area contributed by atoms with Crippen molar-refractivity contribution in [2.75, 3.05) is 11.9 Å². The zero-order valence-corrected chi connectivity index (χ0v) is 13.6. The highest BCUT2D eigenvalue weighted by Crippen LogP contribution is 2.16. The van der Waals surface area contributed by atoms with E-state index in [0.717, 1.165) is 5.69 Å². The molecule has 2 heterocycles. The van der Waals surface area contributed by atoms with Gasteiger partial charge in [-0.15, -0.1) is 6.58 Å². The maximum Gasteiger partial charge on any atom is 0.261 e. The van der Waals surface area contributed by atoms with Crippen molar-refractivity contribution in [2.24, 2.45) is 0 Å². The molecule has 0 spiro atoms. The smallest absolute Gasteiger partial charge is 0.261 e. The minimum Gasteiger partial charge on any atom is -0.365 e. The van der Waals surface area contributed by atoms with Crippen LogP contribution in [0, 0.1) is 0 Å². The van der Waals surface area contributed by atoms with Crippen LogP contribution in [0.2, 0.25) is 0 Å². The summed E-state index contributed by atoms with van der Waals surface area (Å²) >= 11 is 0. The molecule has 1 amide bonds. The summed E-state index contributed by atoms with van der Waals surface area (Å²) in [4.78, 5) is 30.4. The molecule has 2 N–H and O–H groups in total. The van der Waals surface area contributed by atoms with Gasteiger partial charge in [-0.05, 0) is 31.2 Å². The van der Waals surface area contributed by atoms with Gasteiger partial charge in [-0.25, -0.2) is 9.67 Å². The van der Waals surface area contributed by atoms with E-state index < -0.39 is 6.10 Å². The third kappa shape index (κ3) is 3.48. The van der Waals surface area contributed by atoms with Crippen molar-refractivity contribution in [3.8, 4) is 5.69 Å². The lowest BCUT2D eigenvalue weighted by molar-refractivity contribution is -0.125. The molecule has 0 fully saturated rings. The van der Waals surface area contributed by atoms with Crippen LogP contribution in [0.1, 0.15) is 6.92 Å². The average molecular weight is 339 g/mol. The van der Waals surface area contributed by atoms with Gasteiger partial charge in [0, 0.05) is 5.69 Å². The predicted molar refractivity (Wildman–Crippen MR) is 93.7 cm³/mol. The van der Waals surface area contributed by atoms with E-state index >= 15 is 0 Å². The van der Waals surface area contributed by atoms with Gasteiger partial charge in [-0.1, -0.05) is 6.08 Å². The molecule has 25 heavy (non-hydrogen) atoms. The standard InChI is InChI=1S/C17H17N5O3/c1-3-8-25-11(2)16(23)21-12-4-6-13(7-5-12)22-15-14(9-20-22)17(24)19-10-18-15/h3-7,9-11H,1,8H2,2H3,(H,21,23)(H,18,19,24). The number of carbonyl (C=O) groups is 1. The second kappa shape index (κ2) is 7.10. The summed E-state index contributed by atoms with van der Waals surface area (Å²) in [6, 6.07) is 7.04. The van der Waals surface area contributed by atoms with Crippen molar-refractivity contribution in [2.45, 2.75) is 13.0 Å². The first-order valence-corrected chi connectivity index (χ1v) is 7.65. The fourth-order valence-corrected chi connectivity index (χ4v) is 2.26. The fourth-order valence-electron chi connectivity index (χ4n) is 2.26. The Morgan fingerprint density at radius 1 is 1.44 bits per heavy atom. The SMILES string of the molecule is C=CCOC(C)C(=O)Nc1ccc(-n2ncc3c(=O)[nH]cnc32)cc1. The van der Waals surface area contributed by atoms with Crippen molar-refractivity contribution >= 4 is 22.6 Å². The molecule has 1 unspecified atom stereocenters. The number of ether oxygens (including phenoxy) is 1. The number of aromatic amines is 1. The van der Waals surface area contributed by atoms with E-state index in [0.29, 0.717) is 23.3 Å². The number of aromatic nitrogens is 4. The van der Waals surface area contributed by atoms with Crippen molar-refractivity contribution in [1.29, 1.82) is 0 Å². The Kier molecular flexibility index (Phi) is 4.71. The highest BCUT2D eigenvalue weighted by atomic mass is 16.5. The minimum atomic E-state index is -0.580. The molecule has 3 rings (SSSR count). The third-order valence-electron chi connectivity index (χ3n) is 3.58. The fraction of sp³-hybridized carbons (Fsp3) is 0.176. The molecule has 1 aromatic carbocycles. The summed E-state index contributed by atoms with van der Waals surface area (Å²) in [5, 5.41) is 7.38. The molecule has 0 aliphatic carbocycles. The van der Waals surface area contributed by atoms with Gasteiger partial charge >= 0.3 is 0 Å². The van der Waals surface area contributed by atoms with E-state index in [2.05, 4.69) is 27.0 Å². The van der Waals surface area contributed by atoms with Crippen LogP contribution < -0.4 is 10.9 Å². The van der Waals surface area contributed by atoms with Gasteiger partial charge in [0.1, 0.15) is 11.5 Å². The summed E-state index contributed by atoms with van der Waals surface area (Å²) < 4.78 is 6.84. The Morgan fingerprint density at radius 2 is 2.20 bits per heavy atom. The van der Waals surface area contributed by atoms with Gasteiger partial charge < -0.3 is 15.0 Å². The number of benzene rings is 1. The largest absolute Gasteiger partial charge is 0.365 e. The minimum absolute atomic E-state index is 0.242. The van der Waals surface area contributed by atoms with E-state index in [1.54, 1.807) is 41.9 Å². The lowest BCUT2D eigenvalue weighted by Crippen LogP contribution is -2.27. The quantitative estimate of drug-likeness (QED) is 0.665. The van der Waals surface area contributed by atoms with Gasteiger partial charge in [-0.2, -0.15) is 5.10 Å². The van der Waals surface area contributed by atoms with Crippen LogP contribution in [0.5, 0.6) is 0 Å². The summed E-state index contributed by atoms with van der Waals surface area (Å²) in [5.74, 6) is -0.243. The van der Waals surface area contributed by atoms with Crippen LogP contribution in [-0.2, 0) is 9.53 Å². The van der Waals surface area contributed by atoms with Crippen LogP contribution >= 0.6 is 0 Å². The lowest BCUT2D eigenvalue weighted by atomic mass is 10.2. The number of H-pyrrole nitrogens is 1. The van der Waals surface area contributed by atoms with Crippen molar-refractivity contribution < 1.29 is 9.53 Å². The predicted octanol–water partition coefficient (Wildman–Crippen LogP) is 1.64. The number of nitrogens with one attached hydrogen (secondary N) is 2. The normalized spacial score (nSPS) is 12.0. The van der Waals surface area contributed by atoms with Gasteiger partial charge in [0.15, 0.2) is 5.65 Å². The molecular formula is C17H17N5O3. The van der Waals surface area contributed by atoms with Crippen molar-refractivity contribution in [3.63, 3.8) is 0 Å². The molecule has 8 heteroatoms. The Hall–Kier alpha value is -3.26. The second-order valence-corrected chi connectivity index (χ2v) is 5.33. The highest BCUT2D eigenvalue weighted by molar-refractivity contribution is 5.94. The number of hydrogen-bond acceptors (Lipinski definition) is 5. The van der Waals surface area contributed by atoms with Gasteiger partial charge in [0.2, 0.25) is 0 Å². The maximum absolute atomic E-state index is 12.0. The second-order valence-electron chi connectivity index (χ2n) is 5.33. The summed E-state index contributed by atoms with van der Waals surface area (Å²) in [7, 11) is 0. The highest BCUT2D eigenvalue weighted by Gasteiger charge is 2.13. The first-order valence-electron chi connectivity index (χ1n) is 7.65. The van der Waals surface area contributed by atoms with Crippen molar-refractivity contribution in [3.05, 3.63) is 59.8 Å². The van der Waals surface area contributed by atoms with E-state index in [1.165, 1.54) is 12.5 Å². The number of rotatable bonds is 6. The molecule has 8 nitrogen and oxygen atoms in total. The molecular weight excluding hydrogens is 322 g/mol. The van der Waals surface area contributed by atoms with E-state index in [4.69, 9.17) is 4.74 Å². The Labute approximate surface area is 143 Å². The first-order chi connectivity index (χ1) is 12.1. The van der Waals surface area contributed by atoms with Crippen LogP contribution in [-0.4, -0.2) is 38.4 Å².